The Balaban J connectivity index is 1.81. The molecular formula is C23H24N4O. The number of rotatable bonds is 4. The van der Waals surface area contributed by atoms with Crippen molar-refractivity contribution < 1.29 is 4.79 Å². The molecule has 2 aromatic carbocycles. The molecule has 0 bridgehead atoms. The number of nitrogens with zero attached hydrogens (tertiary/aromatic N) is 3. The minimum atomic E-state index is 0.145. The molecule has 0 unspecified atom stereocenters. The van der Waals surface area contributed by atoms with E-state index in [1.807, 2.05) is 37.3 Å². The lowest BCUT2D eigenvalue weighted by molar-refractivity contribution is 0.0916. The van der Waals surface area contributed by atoms with E-state index in [2.05, 4.69) is 14.3 Å². The van der Waals surface area contributed by atoms with Crippen LogP contribution in [0.25, 0.3) is 21.4 Å². The number of hydrogen-bond acceptors (Lipinski definition) is 3. The number of likely N-dealkylation sites (tertiary alicyclic amines) is 1. The van der Waals surface area contributed by atoms with Gasteiger partial charge in [-0.2, -0.15) is 0 Å². The molecule has 4 rings (SSSR count). The Morgan fingerprint density at radius 1 is 1.11 bits per heavy atom. The smallest absolute Gasteiger partial charge is 0.187 e. The molecule has 0 aliphatic carbocycles. The molecule has 0 amide bonds. The van der Waals surface area contributed by atoms with E-state index < -0.39 is 0 Å². The third kappa shape index (κ3) is 3.28. The van der Waals surface area contributed by atoms with Gasteiger partial charge in [0.1, 0.15) is 0 Å². The maximum atomic E-state index is 13.3. The highest BCUT2D eigenvalue weighted by Crippen LogP contribution is 2.32. The third-order valence-electron chi connectivity index (χ3n) is 5.56. The molecule has 1 saturated heterocycles. The van der Waals surface area contributed by atoms with Gasteiger partial charge in [0.05, 0.1) is 18.6 Å². The van der Waals surface area contributed by atoms with Crippen molar-refractivity contribution in [2.45, 2.75) is 26.2 Å². The molecule has 5 heteroatoms. The number of aromatic nitrogens is 1. The Morgan fingerprint density at radius 3 is 2.50 bits per heavy atom. The number of carbonyl (C=O) groups is 1. The zero-order valence-corrected chi connectivity index (χ0v) is 16.1. The van der Waals surface area contributed by atoms with Crippen molar-refractivity contribution in [1.29, 1.82) is 0 Å². The van der Waals surface area contributed by atoms with Gasteiger partial charge >= 0.3 is 0 Å². The molecule has 2 heterocycles. The van der Waals surface area contributed by atoms with Gasteiger partial charge in [0.25, 0.3) is 0 Å². The Morgan fingerprint density at radius 2 is 1.82 bits per heavy atom. The molecule has 0 spiro atoms. The van der Waals surface area contributed by atoms with Crippen LogP contribution in [0.4, 0.5) is 11.4 Å². The van der Waals surface area contributed by atoms with Gasteiger partial charge in [0.2, 0.25) is 0 Å². The molecule has 0 radical (unpaired) electrons. The minimum absolute atomic E-state index is 0.145. The summed E-state index contributed by atoms with van der Waals surface area (Å²) in [5, 5.41) is 0.897. The maximum absolute atomic E-state index is 13.3. The van der Waals surface area contributed by atoms with E-state index in [4.69, 9.17) is 12.3 Å². The van der Waals surface area contributed by atoms with Gasteiger partial charge in [-0.3, -0.25) is 9.69 Å². The number of anilines is 1. The average Bonchev–Trinajstić information content (AvgIpc) is 3.00. The topological polar surface area (TPSA) is 55.6 Å². The molecular weight excluding hydrogens is 348 g/mol. The van der Waals surface area contributed by atoms with Crippen molar-refractivity contribution in [2.75, 3.05) is 25.4 Å². The normalized spacial score (nSPS) is 14.9. The fraction of sp³-hybridized carbons (Fsp3) is 0.304. The average molecular weight is 372 g/mol. The van der Waals surface area contributed by atoms with Crippen LogP contribution in [0.15, 0.2) is 42.5 Å². The molecule has 0 atom stereocenters. The van der Waals surface area contributed by atoms with Crippen molar-refractivity contribution in [3.8, 4) is 5.69 Å². The molecule has 1 aliphatic heterocycles. The molecule has 1 aliphatic rings. The predicted molar refractivity (Wildman–Crippen MR) is 113 cm³/mol. The quantitative estimate of drug-likeness (QED) is 0.409. The zero-order valence-electron chi connectivity index (χ0n) is 16.1. The molecule has 2 N–H and O–H groups in total. The summed E-state index contributed by atoms with van der Waals surface area (Å²) < 4.78 is 2.09. The van der Waals surface area contributed by atoms with Crippen LogP contribution in [0.3, 0.4) is 0 Å². The summed E-state index contributed by atoms with van der Waals surface area (Å²) in [6, 6.07) is 13.2. The lowest BCUT2D eigenvalue weighted by Gasteiger charge is -2.25. The second kappa shape index (κ2) is 7.49. The summed E-state index contributed by atoms with van der Waals surface area (Å²) in [5.41, 5.74) is 10.9. The number of hydrogen-bond donors (Lipinski definition) is 1. The van der Waals surface area contributed by atoms with Crippen molar-refractivity contribution in [3.63, 3.8) is 0 Å². The van der Waals surface area contributed by atoms with Crippen LogP contribution in [0.1, 0.15) is 35.3 Å². The van der Waals surface area contributed by atoms with Crippen LogP contribution in [-0.2, 0) is 0 Å². The predicted octanol–water partition coefficient (Wildman–Crippen LogP) is 4.74. The molecule has 28 heavy (non-hydrogen) atoms. The van der Waals surface area contributed by atoms with Crippen molar-refractivity contribution in [3.05, 3.63) is 65.1 Å². The monoisotopic (exact) mass is 372 g/mol. The first-order chi connectivity index (χ1) is 13.6. The molecule has 0 saturated carbocycles. The first-order valence-electron chi connectivity index (χ1n) is 9.72. The third-order valence-corrected chi connectivity index (χ3v) is 5.56. The van der Waals surface area contributed by atoms with E-state index in [1.54, 1.807) is 12.1 Å². The van der Waals surface area contributed by atoms with Gasteiger partial charge in [-0.15, -0.1) is 0 Å². The Bertz CT molecular complexity index is 1070. The van der Waals surface area contributed by atoms with Crippen LogP contribution in [-0.4, -0.2) is 34.9 Å². The van der Waals surface area contributed by atoms with Crippen LogP contribution in [0.5, 0.6) is 0 Å². The van der Waals surface area contributed by atoms with Gasteiger partial charge in [-0.05, 0) is 63.2 Å². The summed E-state index contributed by atoms with van der Waals surface area (Å²) in [5.74, 6) is 0.145. The van der Waals surface area contributed by atoms with E-state index in [0.29, 0.717) is 17.9 Å². The largest absolute Gasteiger partial charge is 0.399 e. The molecule has 3 aromatic rings. The Labute approximate surface area is 165 Å². The van der Waals surface area contributed by atoms with Gasteiger partial charge in [0, 0.05) is 28.0 Å². The van der Waals surface area contributed by atoms with E-state index in [0.717, 1.165) is 53.8 Å². The molecule has 142 valence electrons. The highest BCUT2D eigenvalue weighted by atomic mass is 16.1. The second-order valence-corrected chi connectivity index (χ2v) is 7.46. The maximum Gasteiger partial charge on any atom is 0.187 e. The number of ketones is 1. The first-order valence-corrected chi connectivity index (χ1v) is 9.72. The molecule has 1 fully saturated rings. The first kappa shape index (κ1) is 18.3. The SMILES string of the molecule is [C-]#[N+]c1ccc(-n2c(C)c(C(=O)CN3CCCCC3)c3cc(N)ccc32)cc1. The van der Waals surface area contributed by atoms with Crippen molar-refractivity contribution in [2.24, 2.45) is 0 Å². The van der Waals surface area contributed by atoms with Crippen LogP contribution in [0, 0.1) is 13.5 Å². The van der Waals surface area contributed by atoms with Gasteiger partial charge in [0.15, 0.2) is 11.5 Å². The summed E-state index contributed by atoms with van der Waals surface area (Å²) >= 11 is 0. The van der Waals surface area contributed by atoms with E-state index >= 15 is 0 Å². The van der Waals surface area contributed by atoms with Crippen LogP contribution in [0.2, 0.25) is 0 Å². The van der Waals surface area contributed by atoms with E-state index in [-0.39, 0.29) is 5.78 Å². The fourth-order valence-corrected chi connectivity index (χ4v) is 4.20. The van der Waals surface area contributed by atoms with Gasteiger partial charge < -0.3 is 10.3 Å². The van der Waals surface area contributed by atoms with E-state index in [1.165, 1.54) is 6.42 Å². The molecule has 1 aromatic heterocycles. The number of nitrogen functional groups attached to an aromatic ring is 1. The lowest BCUT2D eigenvalue weighted by Crippen LogP contribution is -2.34. The lowest BCUT2D eigenvalue weighted by atomic mass is 10.0. The summed E-state index contributed by atoms with van der Waals surface area (Å²) in [6.45, 7) is 11.6. The zero-order chi connectivity index (χ0) is 19.7. The standard InChI is InChI=1S/C23H24N4O/c1-16-23(22(28)15-26-12-4-3-5-13-26)20-14-17(24)6-11-21(20)27(16)19-9-7-18(25-2)8-10-19/h6-11,14H,3-5,12-13,15,24H2,1H3. The van der Waals surface area contributed by atoms with Crippen LogP contribution >= 0.6 is 0 Å². The Hall–Kier alpha value is -3.10. The highest BCUT2D eigenvalue weighted by molar-refractivity contribution is 6.11. The van der Waals surface area contributed by atoms with Crippen molar-refractivity contribution in [1.82, 2.24) is 9.47 Å². The second-order valence-electron chi connectivity index (χ2n) is 7.46. The van der Waals surface area contributed by atoms with Gasteiger partial charge in [-0.25, -0.2) is 4.85 Å². The Kier molecular flexibility index (Phi) is 4.89. The number of nitrogens with two attached hydrogens (primary N) is 1. The number of piperidine rings is 1. The number of fused-ring (bicyclic) bond motifs is 1. The number of Topliss-reactive ketones (excluding diaryl/α,β-unsaturated/α-hetero) is 1. The number of carbonyl (C=O) groups excluding carboxylic acids is 1. The van der Waals surface area contributed by atoms with Gasteiger partial charge in [-0.1, -0.05) is 18.6 Å². The number of benzene rings is 2. The summed E-state index contributed by atoms with van der Waals surface area (Å²) in [7, 11) is 0. The van der Waals surface area contributed by atoms with E-state index in [9.17, 15) is 4.79 Å². The summed E-state index contributed by atoms with van der Waals surface area (Å²) in [4.78, 5) is 19.0. The van der Waals surface area contributed by atoms with Crippen LogP contribution < -0.4 is 5.73 Å². The summed E-state index contributed by atoms with van der Waals surface area (Å²) in [6.07, 6.45) is 3.57. The highest BCUT2D eigenvalue weighted by Gasteiger charge is 2.23. The van der Waals surface area contributed by atoms with Crippen molar-refractivity contribution >= 4 is 28.1 Å². The fourth-order valence-electron chi connectivity index (χ4n) is 4.20. The molecule has 5 nitrogen and oxygen atoms in total. The minimum Gasteiger partial charge on any atom is -0.399 e.